The molecule has 2 aliphatic heterocycles. The van der Waals surface area contributed by atoms with Crippen molar-refractivity contribution in [3.05, 3.63) is 128 Å². The van der Waals surface area contributed by atoms with Crippen LogP contribution in [0.15, 0.2) is 94.7 Å². The van der Waals surface area contributed by atoms with E-state index in [2.05, 4.69) is 138 Å². The van der Waals surface area contributed by atoms with Gasteiger partial charge in [0.25, 0.3) is 0 Å². The lowest BCUT2D eigenvalue weighted by atomic mass is 9.69. The van der Waals surface area contributed by atoms with Crippen LogP contribution in [-0.4, -0.2) is 108 Å². The Balaban J connectivity index is 0.000000158. The number of carbonyl (C=O) groups is 2. The molecule has 0 saturated carbocycles. The summed E-state index contributed by atoms with van der Waals surface area (Å²) in [5, 5.41) is 2.63. The number of halogens is 2. The molecular formula is C48H52Br2N6O6. The highest BCUT2D eigenvalue weighted by atomic mass is 79.9. The van der Waals surface area contributed by atoms with Crippen molar-refractivity contribution in [3.63, 3.8) is 0 Å². The van der Waals surface area contributed by atoms with Crippen molar-refractivity contribution in [1.82, 2.24) is 28.9 Å². The van der Waals surface area contributed by atoms with E-state index in [-0.39, 0.29) is 35.9 Å². The van der Waals surface area contributed by atoms with Crippen molar-refractivity contribution in [2.75, 3.05) is 54.6 Å². The Hall–Kier alpha value is -4.44. The first kappa shape index (κ1) is 42.8. The van der Waals surface area contributed by atoms with Gasteiger partial charge in [0.2, 0.25) is 0 Å². The summed E-state index contributed by atoms with van der Waals surface area (Å²) in [6, 6.07) is 16.9. The highest BCUT2D eigenvalue weighted by Crippen LogP contribution is 2.51. The Bertz CT molecular complexity index is 2500. The maximum atomic E-state index is 12.5. The number of nitrogens with zero attached hydrogens (tertiary/aromatic N) is 6. The second-order valence-electron chi connectivity index (χ2n) is 17.6. The van der Waals surface area contributed by atoms with E-state index in [1.165, 1.54) is 56.5 Å². The van der Waals surface area contributed by atoms with Crippen LogP contribution in [0, 0.1) is 11.8 Å². The molecule has 0 unspecified atom stereocenters. The Morgan fingerprint density at radius 1 is 0.661 bits per heavy atom. The molecule has 62 heavy (non-hydrogen) atoms. The summed E-state index contributed by atoms with van der Waals surface area (Å²) in [5.74, 6) is -0.348. The van der Waals surface area contributed by atoms with E-state index in [1.54, 1.807) is 24.5 Å². The third-order valence-corrected chi connectivity index (χ3v) is 14.7. The Morgan fingerprint density at radius 2 is 1.08 bits per heavy atom. The molecule has 14 heteroatoms. The van der Waals surface area contributed by atoms with Gasteiger partial charge in [-0.05, 0) is 118 Å². The van der Waals surface area contributed by atoms with E-state index in [4.69, 9.17) is 18.9 Å². The number of esters is 2. The molecule has 2 fully saturated rings. The molecule has 324 valence electrons. The monoisotopic (exact) mass is 966 g/mol. The minimum atomic E-state index is -0.421. The fourth-order valence-corrected chi connectivity index (χ4v) is 12.0. The van der Waals surface area contributed by atoms with Gasteiger partial charge in [0.05, 0.1) is 24.3 Å². The van der Waals surface area contributed by atoms with Crippen LogP contribution in [-0.2, 0) is 57.1 Å². The molecule has 6 atom stereocenters. The highest BCUT2D eigenvalue weighted by Gasteiger charge is 2.53. The lowest BCUT2D eigenvalue weighted by molar-refractivity contribution is -0.131. The van der Waals surface area contributed by atoms with Gasteiger partial charge in [-0.1, -0.05) is 24.3 Å². The van der Waals surface area contributed by atoms with E-state index >= 15 is 0 Å². The van der Waals surface area contributed by atoms with Crippen LogP contribution in [0.3, 0.4) is 0 Å². The van der Waals surface area contributed by atoms with Crippen molar-refractivity contribution in [1.29, 1.82) is 0 Å². The average molecular weight is 969 g/mol. The predicted molar refractivity (Wildman–Crippen MR) is 244 cm³/mol. The minimum absolute atomic E-state index is 0.172. The Kier molecular flexibility index (Phi) is 11.7. The first-order valence-electron chi connectivity index (χ1n) is 21.1. The summed E-state index contributed by atoms with van der Waals surface area (Å²) < 4.78 is 30.0. The maximum Gasteiger partial charge on any atom is 0.339 e. The summed E-state index contributed by atoms with van der Waals surface area (Å²) in [4.78, 5) is 38.0. The molecule has 4 aliphatic rings. The van der Waals surface area contributed by atoms with Crippen LogP contribution < -0.4 is 0 Å². The predicted octanol–water partition coefficient (Wildman–Crippen LogP) is 7.82. The molecule has 0 bridgehead atoms. The number of carbonyl (C=O) groups excluding carboxylic acids is 2. The fourth-order valence-electron chi connectivity index (χ4n) is 11.3. The number of hydrogen-bond donors (Lipinski definition) is 0. The molecule has 0 amide bonds. The van der Waals surface area contributed by atoms with Crippen molar-refractivity contribution >= 4 is 65.6 Å². The molecule has 2 aromatic carbocycles. The van der Waals surface area contributed by atoms with Crippen molar-refractivity contribution < 1.29 is 28.5 Å². The summed E-state index contributed by atoms with van der Waals surface area (Å²) in [6.45, 7) is 2.42. The molecule has 4 aromatic heterocycles. The number of rotatable bonds is 8. The molecule has 2 saturated heterocycles. The van der Waals surface area contributed by atoms with Gasteiger partial charge in [-0.3, -0.25) is 19.8 Å². The number of hydrogen-bond acceptors (Lipinski definition) is 10. The number of likely N-dealkylation sites (tertiary alicyclic amines) is 2. The zero-order valence-electron chi connectivity index (χ0n) is 35.9. The normalized spacial score (nSPS) is 25.4. The van der Waals surface area contributed by atoms with Crippen LogP contribution in [0.4, 0.5) is 0 Å². The second kappa shape index (κ2) is 16.9. The van der Waals surface area contributed by atoms with Crippen LogP contribution in [0.5, 0.6) is 0 Å². The van der Waals surface area contributed by atoms with Crippen molar-refractivity contribution in [2.24, 2.45) is 25.9 Å². The Morgan fingerprint density at radius 3 is 1.47 bits per heavy atom. The summed E-state index contributed by atoms with van der Waals surface area (Å²) in [5.41, 5.74) is 7.79. The molecule has 10 rings (SSSR count). The zero-order valence-corrected chi connectivity index (χ0v) is 39.1. The molecule has 2 aliphatic carbocycles. The molecule has 6 aromatic rings. The van der Waals surface area contributed by atoms with E-state index in [0.29, 0.717) is 24.3 Å². The molecule has 12 nitrogen and oxygen atoms in total. The lowest BCUT2D eigenvalue weighted by Gasteiger charge is -2.53. The average Bonchev–Trinajstić information content (AvgIpc) is 3.78. The quantitative estimate of drug-likeness (QED) is 0.140. The zero-order chi connectivity index (χ0) is 43.5. The molecule has 0 N–H and O–H groups in total. The van der Waals surface area contributed by atoms with Gasteiger partial charge < -0.3 is 28.1 Å². The van der Waals surface area contributed by atoms with E-state index < -0.39 is 11.2 Å². The smallest absolute Gasteiger partial charge is 0.339 e. The standard InChI is InChI=1S/2C24H26BrN3O3/c2*1-27-13-17-8-21-24(30-3,19-5-4-6-20(27)22(17)19)9-15(12-28(21)2)14-31-23(29)16-7-18(25)11-26-10-16/h2*4-7,10-11,13,15,21H,8-9,12,14H2,1-3H3/t2*15-,21-,24+/m11/s1. The molecule has 0 radical (unpaired) electrons. The Labute approximate surface area is 378 Å². The molecule has 0 spiro atoms. The second-order valence-corrected chi connectivity index (χ2v) is 19.4. The first-order valence-corrected chi connectivity index (χ1v) is 22.6. The number of fused-ring (bicyclic) bond motifs is 4. The van der Waals surface area contributed by atoms with Crippen LogP contribution in [0.1, 0.15) is 55.8 Å². The van der Waals surface area contributed by atoms with E-state index in [9.17, 15) is 9.59 Å². The number of aromatic nitrogens is 4. The minimum Gasteiger partial charge on any atom is -0.462 e. The van der Waals surface area contributed by atoms with Gasteiger partial charge in [-0.25, -0.2) is 9.59 Å². The maximum absolute atomic E-state index is 12.5. The fraction of sp³-hybridized carbons (Fsp3) is 0.417. The first-order chi connectivity index (χ1) is 29.8. The highest BCUT2D eigenvalue weighted by molar-refractivity contribution is 9.10. The number of benzene rings is 2. The van der Waals surface area contributed by atoms with Gasteiger partial charge in [-0.15, -0.1) is 0 Å². The number of likely N-dealkylation sites (N-methyl/N-ethyl adjacent to an activating group) is 2. The molecular weight excluding hydrogens is 916 g/mol. The number of pyridine rings is 2. The number of piperidine rings is 2. The van der Waals surface area contributed by atoms with Gasteiger partial charge in [0.1, 0.15) is 11.2 Å². The number of aryl methyl sites for hydroxylation is 2. The van der Waals surface area contributed by atoms with E-state index in [1.807, 2.05) is 14.2 Å². The largest absolute Gasteiger partial charge is 0.462 e. The number of ether oxygens (including phenoxy) is 4. The van der Waals surface area contributed by atoms with Crippen LogP contribution in [0.2, 0.25) is 0 Å². The lowest BCUT2D eigenvalue weighted by Crippen LogP contribution is -2.60. The van der Waals surface area contributed by atoms with Gasteiger partial charge in [0.15, 0.2) is 0 Å². The SMILES string of the molecule is CO[C@]12C[C@@H](COC(=O)c3cncc(Br)c3)CN(C)[C@@H]1Cc1cn(C)c3cccc2c13.CO[C@]12C[C@@H](COC(=O)c3cncc(Br)c3)CN(C)[C@@H]1Cc1cn(C)c3cccc2c13. The van der Waals surface area contributed by atoms with Gasteiger partial charge in [0, 0.05) is 133 Å². The number of methoxy groups -OCH3 is 2. The van der Waals surface area contributed by atoms with Crippen LogP contribution >= 0.6 is 31.9 Å². The van der Waals surface area contributed by atoms with Crippen molar-refractivity contribution in [3.8, 4) is 0 Å². The summed E-state index contributed by atoms with van der Waals surface area (Å²) in [6.07, 6.45) is 14.4. The van der Waals surface area contributed by atoms with Gasteiger partial charge in [-0.2, -0.15) is 0 Å². The summed E-state index contributed by atoms with van der Waals surface area (Å²) >= 11 is 6.71. The third-order valence-electron chi connectivity index (χ3n) is 13.9. The molecule has 6 heterocycles. The van der Waals surface area contributed by atoms with Gasteiger partial charge >= 0.3 is 11.9 Å². The third kappa shape index (κ3) is 7.39. The van der Waals surface area contributed by atoms with E-state index in [0.717, 1.165) is 47.7 Å². The van der Waals surface area contributed by atoms with Crippen LogP contribution in [0.25, 0.3) is 21.8 Å². The topological polar surface area (TPSA) is 113 Å². The summed E-state index contributed by atoms with van der Waals surface area (Å²) in [7, 11) is 12.1. The van der Waals surface area contributed by atoms with Crippen molar-refractivity contribution in [2.45, 2.75) is 49.0 Å².